The number of benzene rings is 2. The van der Waals surface area contributed by atoms with Gasteiger partial charge in [-0.05, 0) is 48.9 Å². The summed E-state index contributed by atoms with van der Waals surface area (Å²) in [6.07, 6.45) is 2.03. The lowest BCUT2D eigenvalue weighted by Gasteiger charge is -2.08. The molecule has 0 N–H and O–H groups in total. The van der Waals surface area contributed by atoms with E-state index in [1.54, 1.807) is 0 Å². The van der Waals surface area contributed by atoms with E-state index in [9.17, 15) is 0 Å². The fraction of sp³-hybridized carbons (Fsp3) is 0.235. The van der Waals surface area contributed by atoms with Crippen molar-refractivity contribution in [3.05, 3.63) is 66.1 Å². The van der Waals surface area contributed by atoms with E-state index in [0.29, 0.717) is 0 Å². The Hall–Kier alpha value is -1.56. The molecule has 0 fully saturated rings. The van der Waals surface area contributed by atoms with Gasteiger partial charge in [-0.2, -0.15) is 0 Å². The van der Waals surface area contributed by atoms with Crippen LogP contribution in [0.15, 0.2) is 42.5 Å². The van der Waals surface area contributed by atoms with Gasteiger partial charge >= 0.3 is 0 Å². The standard InChI is InChI=1S/C17H19/c1-4-6-15-9-10-17(12-14(15)3)16-8-5-7-13(2)11-16/h5,7-12H,1,4,6H2,2-3H3. The highest BCUT2D eigenvalue weighted by atomic mass is 14.1. The third-order valence-corrected chi connectivity index (χ3v) is 3.14. The van der Waals surface area contributed by atoms with Crippen molar-refractivity contribution in [3.63, 3.8) is 0 Å². The molecule has 0 aliphatic heterocycles. The normalized spacial score (nSPS) is 10.5. The Morgan fingerprint density at radius 3 is 2.35 bits per heavy atom. The fourth-order valence-corrected chi connectivity index (χ4v) is 2.17. The average molecular weight is 223 g/mol. The molecule has 0 aliphatic rings. The maximum Gasteiger partial charge on any atom is -0.0181 e. The minimum atomic E-state index is 0.963. The number of hydrogen-bond acceptors (Lipinski definition) is 0. The van der Waals surface area contributed by atoms with Crippen LogP contribution >= 0.6 is 0 Å². The van der Waals surface area contributed by atoms with Crippen molar-refractivity contribution in [2.24, 2.45) is 0 Å². The van der Waals surface area contributed by atoms with Crippen LogP contribution in [0.2, 0.25) is 0 Å². The van der Waals surface area contributed by atoms with E-state index in [0.717, 1.165) is 12.8 Å². The van der Waals surface area contributed by atoms with Gasteiger partial charge in [-0.15, -0.1) is 0 Å². The van der Waals surface area contributed by atoms with Gasteiger partial charge in [0, 0.05) is 0 Å². The van der Waals surface area contributed by atoms with E-state index >= 15 is 0 Å². The molecule has 2 aromatic carbocycles. The van der Waals surface area contributed by atoms with Gasteiger partial charge < -0.3 is 0 Å². The first-order valence-corrected chi connectivity index (χ1v) is 6.16. The largest absolute Gasteiger partial charge is 0.0614 e. The molecule has 0 aromatic heterocycles. The second-order valence-corrected chi connectivity index (χ2v) is 4.61. The molecule has 0 heterocycles. The van der Waals surface area contributed by atoms with Crippen molar-refractivity contribution in [1.82, 2.24) is 0 Å². The molecule has 0 saturated carbocycles. The Balaban J connectivity index is 2.37. The third-order valence-electron chi connectivity index (χ3n) is 3.14. The van der Waals surface area contributed by atoms with Gasteiger partial charge in [-0.25, -0.2) is 0 Å². The van der Waals surface area contributed by atoms with E-state index in [1.807, 2.05) is 0 Å². The summed E-state index contributed by atoms with van der Waals surface area (Å²) in [7, 11) is 0. The molecule has 1 radical (unpaired) electrons. The smallest absolute Gasteiger partial charge is 0.0181 e. The van der Waals surface area contributed by atoms with Crippen LogP contribution in [0.3, 0.4) is 0 Å². The van der Waals surface area contributed by atoms with Crippen LogP contribution in [0.4, 0.5) is 0 Å². The van der Waals surface area contributed by atoms with Crippen LogP contribution in [0.5, 0.6) is 0 Å². The van der Waals surface area contributed by atoms with E-state index in [1.165, 1.54) is 27.8 Å². The monoisotopic (exact) mass is 223 g/mol. The molecule has 0 heteroatoms. The minimum absolute atomic E-state index is 0.963. The van der Waals surface area contributed by atoms with E-state index in [-0.39, 0.29) is 0 Å². The highest BCUT2D eigenvalue weighted by Crippen LogP contribution is 2.23. The first-order valence-electron chi connectivity index (χ1n) is 6.16. The van der Waals surface area contributed by atoms with Crippen LogP contribution < -0.4 is 0 Å². The van der Waals surface area contributed by atoms with Crippen molar-refractivity contribution in [1.29, 1.82) is 0 Å². The Morgan fingerprint density at radius 2 is 1.71 bits per heavy atom. The Kier molecular flexibility index (Phi) is 3.63. The topological polar surface area (TPSA) is 0 Å². The third kappa shape index (κ3) is 2.76. The molecule has 0 bridgehead atoms. The number of hydrogen-bond donors (Lipinski definition) is 0. The SMILES string of the molecule is [CH2]CCc1ccc(-c2cccc(C)c2)cc1C. The van der Waals surface area contributed by atoms with Gasteiger partial charge in [0.15, 0.2) is 0 Å². The van der Waals surface area contributed by atoms with Crippen LogP contribution in [0.1, 0.15) is 23.1 Å². The molecule has 2 aromatic rings. The summed E-state index contributed by atoms with van der Waals surface area (Å²) in [5.74, 6) is 0. The molecular weight excluding hydrogens is 204 g/mol. The van der Waals surface area contributed by atoms with E-state index in [4.69, 9.17) is 0 Å². The molecule has 0 unspecified atom stereocenters. The van der Waals surface area contributed by atoms with Crippen LogP contribution in [-0.4, -0.2) is 0 Å². The summed E-state index contributed by atoms with van der Waals surface area (Å²) < 4.78 is 0. The molecule has 17 heavy (non-hydrogen) atoms. The Bertz CT molecular complexity index is 509. The summed E-state index contributed by atoms with van der Waals surface area (Å²) in [5.41, 5.74) is 6.69. The zero-order valence-corrected chi connectivity index (χ0v) is 10.7. The molecule has 2 rings (SSSR count). The lowest BCUT2D eigenvalue weighted by molar-refractivity contribution is 0.985. The molecule has 0 amide bonds. The summed E-state index contributed by atoms with van der Waals surface area (Å²) in [6, 6.07) is 15.4. The van der Waals surface area contributed by atoms with Gasteiger partial charge in [-0.3, -0.25) is 0 Å². The maximum atomic E-state index is 3.91. The van der Waals surface area contributed by atoms with Crippen LogP contribution in [0.25, 0.3) is 11.1 Å². The first-order chi connectivity index (χ1) is 8.20. The fourth-order valence-electron chi connectivity index (χ4n) is 2.17. The minimum Gasteiger partial charge on any atom is -0.0614 e. The second-order valence-electron chi connectivity index (χ2n) is 4.61. The molecule has 87 valence electrons. The molecule has 0 spiro atoms. The van der Waals surface area contributed by atoms with Crippen LogP contribution in [-0.2, 0) is 6.42 Å². The predicted molar refractivity (Wildman–Crippen MR) is 75.0 cm³/mol. The summed E-state index contributed by atoms with van der Waals surface area (Å²) in [5, 5.41) is 0. The van der Waals surface area contributed by atoms with Crippen molar-refractivity contribution in [2.75, 3.05) is 0 Å². The molecule has 0 atom stereocenters. The molecule has 0 aliphatic carbocycles. The van der Waals surface area contributed by atoms with Gasteiger partial charge in [-0.1, -0.05) is 55.0 Å². The van der Waals surface area contributed by atoms with Crippen molar-refractivity contribution in [2.45, 2.75) is 26.7 Å². The zero-order chi connectivity index (χ0) is 12.3. The average Bonchev–Trinajstić information content (AvgIpc) is 2.32. The highest BCUT2D eigenvalue weighted by Gasteiger charge is 2.01. The first kappa shape index (κ1) is 11.9. The van der Waals surface area contributed by atoms with Gasteiger partial charge in [0.05, 0.1) is 0 Å². The molecular formula is C17H19. The van der Waals surface area contributed by atoms with E-state index in [2.05, 4.69) is 63.2 Å². The number of aryl methyl sites for hydroxylation is 3. The summed E-state index contributed by atoms with van der Waals surface area (Å²) in [6.45, 7) is 8.23. The van der Waals surface area contributed by atoms with Crippen molar-refractivity contribution in [3.8, 4) is 11.1 Å². The maximum absolute atomic E-state index is 3.91. The van der Waals surface area contributed by atoms with Crippen molar-refractivity contribution < 1.29 is 0 Å². The quantitative estimate of drug-likeness (QED) is 0.705. The Morgan fingerprint density at radius 1 is 0.941 bits per heavy atom. The predicted octanol–water partition coefficient (Wildman–Crippen LogP) is 4.74. The van der Waals surface area contributed by atoms with Crippen molar-refractivity contribution >= 4 is 0 Å². The van der Waals surface area contributed by atoms with Gasteiger partial charge in [0.2, 0.25) is 0 Å². The van der Waals surface area contributed by atoms with Gasteiger partial charge in [0.25, 0.3) is 0 Å². The molecule has 0 nitrogen and oxygen atoms in total. The summed E-state index contributed by atoms with van der Waals surface area (Å²) >= 11 is 0. The Labute approximate surface area is 104 Å². The lowest BCUT2D eigenvalue weighted by atomic mass is 9.97. The summed E-state index contributed by atoms with van der Waals surface area (Å²) in [4.78, 5) is 0. The van der Waals surface area contributed by atoms with E-state index < -0.39 is 0 Å². The zero-order valence-electron chi connectivity index (χ0n) is 10.7. The number of rotatable bonds is 3. The van der Waals surface area contributed by atoms with Crippen LogP contribution in [0, 0.1) is 20.8 Å². The highest BCUT2D eigenvalue weighted by molar-refractivity contribution is 5.65. The second kappa shape index (κ2) is 5.18. The molecule has 0 saturated heterocycles. The lowest BCUT2D eigenvalue weighted by Crippen LogP contribution is -1.89. The van der Waals surface area contributed by atoms with Gasteiger partial charge in [0.1, 0.15) is 0 Å².